The second-order valence-electron chi connectivity index (χ2n) is 10.8. The molecule has 2 N–H and O–H groups in total. The van der Waals surface area contributed by atoms with Gasteiger partial charge in [0.2, 0.25) is 5.90 Å². The van der Waals surface area contributed by atoms with E-state index in [-0.39, 0.29) is 25.5 Å². The van der Waals surface area contributed by atoms with Crippen molar-refractivity contribution >= 4 is 43.7 Å². The van der Waals surface area contributed by atoms with Crippen LogP contribution in [0.1, 0.15) is 34.8 Å². The summed E-state index contributed by atoms with van der Waals surface area (Å²) in [6.45, 7) is 0.564. The lowest BCUT2D eigenvalue weighted by molar-refractivity contribution is -0.129. The molecule has 0 fully saturated rings. The van der Waals surface area contributed by atoms with Crippen molar-refractivity contribution in [3.8, 4) is 23.0 Å². The number of nitrogens with zero attached hydrogens (tertiary/aromatic N) is 1. The number of aliphatic imine (C=N–C) groups is 1. The summed E-state index contributed by atoms with van der Waals surface area (Å²) in [6, 6.07) is 26.4. The molecule has 0 spiro atoms. The molecule has 1 aliphatic heterocycles. The Bertz CT molecular complexity index is 1670. The first-order chi connectivity index (χ1) is 22.8. The number of rotatable bonds is 14. The largest absolute Gasteiger partial charge is 0.496 e. The highest BCUT2D eigenvalue weighted by Crippen LogP contribution is 2.43. The van der Waals surface area contributed by atoms with Gasteiger partial charge in [0.05, 0.1) is 40.0 Å². The van der Waals surface area contributed by atoms with Crippen LogP contribution in [0.4, 0.5) is 0 Å². The molecule has 0 aromatic heterocycles. The maximum Gasteiger partial charge on any atom is 0.252 e. The molecule has 1 aliphatic rings. The Morgan fingerprint density at radius 3 is 2.06 bits per heavy atom. The molecule has 4 aromatic carbocycles. The molecule has 2 atom stereocenters. The number of carbonyl (C=O) groups excluding carboxylic acids is 1. The smallest absolute Gasteiger partial charge is 0.252 e. The molecule has 0 radical (unpaired) electrons. The van der Waals surface area contributed by atoms with Crippen LogP contribution in [0.25, 0.3) is 0 Å². The quantitative estimate of drug-likeness (QED) is 0.136. The highest BCUT2D eigenvalue weighted by Gasteiger charge is 2.53. The molecule has 1 heterocycles. The van der Waals surface area contributed by atoms with Crippen molar-refractivity contribution in [3.05, 3.63) is 116 Å². The molecular formula is C36H36Br2N2O7. The van der Waals surface area contributed by atoms with Crippen molar-refractivity contribution in [2.75, 3.05) is 34.5 Å². The molecule has 0 saturated heterocycles. The molecule has 0 bridgehead atoms. The van der Waals surface area contributed by atoms with Crippen LogP contribution in [0.2, 0.25) is 0 Å². The lowest BCUT2D eigenvalue weighted by Crippen LogP contribution is -2.49. The van der Waals surface area contributed by atoms with Crippen molar-refractivity contribution in [3.63, 3.8) is 0 Å². The van der Waals surface area contributed by atoms with Crippen molar-refractivity contribution in [1.29, 1.82) is 0 Å². The van der Waals surface area contributed by atoms with E-state index in [1.807, 2.05) is 72.8 Å². The molecule has 47 heavy (non-hydrogen) atoms. The Morgan fingerprint density at radius 2 is 1.49 bits per heavy atom. The van der Waals surface area contributed by atoms with Gasteiger partial charge in [0.25, 0.3) is 5.91 Å². The molecule has 246 valence electrons. The fourth-order valence-electron chi connectivity index (χ4n) is 5.41. The summed E-state index contributed by atoms with van der Waals surface area (Å²) in [5.74, 6) is 2.27. The van der Waals surface area contributed by atoms with E-state index in [1.54, 1.807) is 33.5 Å². The third-order valence-corrected chi connectivity index (χ3v) is 8.89. The zero-order valence-corrected chi connectivity index (χ0v) is 29.5. The van der Waals surface area contributed by atoms with Gasteiger partial charge in [-0.05, 0) is 59.7 Å². The van der Waals surface area contributed by atoms with Gasteiger partial charge in [-0.2, -0.15) is 0 Å². The van der Waals surface area contributed by atoms with Crippen molar-refractivity contribution in [1.82, 2.24) is 5.32 Å². The van der Waals surface area contributed by atoms with Gasteiger partial charge in [-0.3, -0.25) is 4.79 Å². The van der Waals surface area contributed by atoms with Gasteiger partial charge in [-0.25, -0.2) is 4.99 Å². The lowest BCUT2D eigenvalue weighted by Gasteiger charge is -2.31. The van der Waals surface area contributed by atoms with Gasteiger partial charge >= 0.3 is 0 Å². The molecular weight excluding hydrogens is 732 g/mol. The number of carbonyl (C=O) groups is 1. The van der Waals surface area contributed by atoms with Crippen molar-refractivity contribution < 1.29 is 33.6 Å². The van der Waals surface area contributed by atoms with Gasteiger partial charge in [0, 0.05) is 46.1 Å². The number of nitrogens with one attached hydrogen (secondary N) is 1. The van der Waals surface area contributed by atoms with Gasteiger partial charge < -0.3 is 34.1 Å². The average molecular weight is 768 g/mol. The van der Waals surface area contributed by atoms with Crippen LogP contribution in [0.5, 0.6) is 23.0 Å². The molecule has 11 heteroatoms. The third-order valence-electron chi connectivity index (χ3n) is 7.83. The number of hydrogen-bond acceptors (Lipinski definition) is 8. The van der Waals surface area contributed by atoms with E-state index in [9.17, 15) is 4.79 Å². The minimum atomic E-state index is -1.39. The summed E-state index contributed by atoms with van der Waals surface area (Å²) in [5.41, 5.74) is 1.67. The van der Waals surface area contributed by atoms with Crippen molar-refractivity contribution in [2.24, 2.45) is 4.99 Å². The zero-order valence-electron chi connectivity index (χ0n) is 26.3. The summed E-state index contributed by atoms with van der Waals surface area (Å²) >= 11 is 7.04. The fraction of sp³-hybridized carbons (Fsp3) is 0.278. The van der Waals surface area contributed by atoms with E-state index in [1.165, 1.54) is 0 Å². The van der Waals surface area contributed by atoms with Crippen molar-refractivity contribution in [2.45, 2.75) is 31.0 Å². The number of methoxy groups -OCH3 is 3. The number of hydrogen-bond donors (Lipinski definition) is 2. The first kappa shape index (κ1) is 34.3. The zero-order chi connectivity index (χ0) is 33.4. The molecule has 0 unspecified atom stereocenters. The lowest BCUT2D eigenvalue weighted by atomic mass is 9.82. The van der Waals surface area contributed by atoms with Gasteiger partial charge in [0.1, 0.15) is 23.0 Å². The summed E-state index contributed by atoms with van der Waals surface area (Å²) < 4.78 is 30.9. The second kappa shape index (κ2) is 15.7. The van der Waals surface area contributed by atoms with Crippen LogP contribution >= 0.6 is 31.9 Å². The summed E-state index contributed by atoms with van der Waals surface area (Å²) in [4.78, 5) is 19.8. The van der Waals surface area contributed by atoms with Crippen LogP contribution in [0.15, 0.2) is 98.9 Å². The van der Waals surface area contributed by atoms with E-state index in [2.05, 4.69) is 37.2 Å². The van der Waals surface area contributed by atoms with Gasteiger partial charge in [-0.1, -0.05) is 56.1 Å². The van der Waals surface area contributed by atoms with Crippen LogP contribution in [0.3, 0.4) is 0 Å². The topological polar surface area (TPSA) is 108 Å². The second-order valence-corrected chi connectivity index (χ2v) is 12.7. The minimum Gasteiger partial charge on any atom is -0.496 e. The third kappa shape index (κ3) is 7.91. The Balaban J connectivity index is 1.57. The minimum absolute atomic E-state index is 0.0563. The number of ether oxygens (including phenoxy) is 5. The molecule has 9 nitrogen and oxygen atoms in total. The Kier molecular flexibility index (Phi) is 11.4. The van der Waals surface area contributed by atoms with E-state index < -0.39 is 11.6 Å². The predicted molar refractivity (Wildman–Crippen MR) is 187 cm³/mol. The number of aliphatic hydroxyl groups excluding tert-OH is 1. The van der Waals surface area contributed by atoms with E-state index in [0.717, 1.165) is 20.1 Å². The maximum atomic E-state index is 14.7. The van der Waals surface area contributed by atoms with Crippen LogP contribution < -0.4 is 24.3 Å². The van der Waals surface area contributed by atoms with E-state index >= 15 is 0 Å². The SMILES string of the molecule is COc1cc(OC)c(CNC(=O)[C@]2(Cc3ccc(Br)cc3)N=C(c3ccc(OCCCO)cc3)O[C@@H]2c2ccc(Br)cc2)c(OC)c1. The number of halogens is 2. The summed E-state index contributed by atoms with van der Waals surface area (Å²) in [5, 5.41) is 12.2. The summed E-state index contributed by atoms with van der Waals surface area (Å²) in [7, 11) is 4.68. The highest BCUT2D eigenvalue weighted by atomic mass is 79.9. The normalized spacial score (nSPS) is 17.0. The molecule has 0 aliphatic carbocycles. The number of benzene rings is 4. The molecule has 1 amide bonds. The van der Waals surface area contributed by atoms with Crippen LogP contribution in [-0.4, -0.2) is 57.0 Å². The van der Waals surface area contributed by atoms with Gasteiger partial charge in [-0.15, -0.1) is 0 Å². The fourth-order valence-corrected chi connectivity index (χ4v) is 5.94. The predicted octanol–water partition coefficient (Wildman–Crippen LogP) is 6.81. The van der Waals surface area contributed by atoms with E-state index in [4.69, 9.17) is 33.8 Å². The molecule has 0 saturated carbocycles. The standard InChI is InChI=1S/C36H36Br2N2O7/c1-43-29-19-31(44-2)30(32(20-29)45-3)22-39-35(42)36(21-23-5-11-26(37)12-6-23)33(24-7-13-27(38)14-8-24)47-34(40-36)25-9-15-28(16-10-25)46-18-4-17-41/h5-16,19-20,33,41H,4,17-18,21-22H2,1-3H3,(H,39,42)/t33-,36-/m1/s1. The number of amides is 1. The van der Waals surface area contributed by atoms with Crippen LogP contribution in [0, 0.1) is 0 Å². The average Bonchev–Trinajstić information content (AvgIpc) is 3.48. The summed E-state index contributed by atoms with van der Waals surface area (Å²) in [6.07, 6.45) is 0.0404. The maximum absolute atomic E-state index is 14.7. The van der Waals surface area contributed by atoms with Gasteiger partial charge in [0.15, 0.2) is 11.6 Å². The Labute approximate surface area is 291 Å². The Morgan fingerprint density at radius 1 is 0.872 bits per heavy atom. The van der Waals surface area contributed by atoms with Crippen LogP contribution in [-0.2, 0) is 22.5 Å². The Hall–Kier alpha value is -4.06. The first-order valence-corrected chi connectivity index (χ1v) is 16.6. The molecule has 5 rings (SSSR count). The molecule has 4 aromatic rings. The highest BCUT2D eigenvalue weighted by molar-refractivity contribution is 9.10. The first-order valence-electron chi connectivity index (χ1n) is 15.0. The number of aliphatic hydroxyl groups is 1. The monoisotopic (exact) mass is 766 g/mol. The van der Waals surface area contributed by atoms with E-state index in [0.29, 0.717) is 53.1 Å².